The zero-order valence-electron chi connectivity index (χ0n) is 17.0. The third-order valence-electron chi connectivity index (χ3n) is 6.21. The van der Waals surface area contributed by atoms with Crippen LogP contribution < -0.4 is 4.90 Å². The zero-order valence-corrected chi connectivity index (χ0v) is 17.0. The number of hydrogen-bond donors (Lipinski definition) is 0. The smallest absolute Gasteiger partial charge is 0.193 e. The highest BCUT2D eigenvalue weighted by Crippen LogP contribution is 2.30. The fraction of sp³-hybridized carbons (Fsp3) is 0.179. The summed E-state index contributed by atoms with van der Waals surface area (Å²) in [5.74, 6) is 0.0795. The van der Waals surface area contributed by atoms with Crippen LogP contribution in [-0.4, -0.2) is 18.4 Å². The highest BCUT2D eigenvalue weighted by molar-refractivity contribution is 6.09. The summed E-state index contributed by atoms with van der Waals surface area (Å²) in [5, 5.41) is 2.67. The predicted molar refractivity (Wildman–Crippen MR) is 124 cm³/mol. The Morgan fingerprint density at radius 3 is 2.30 bits per heavy atom. The van der Waals surface area contributed by atoms with Crippen LogP contribution in [0.4, 0.5) is 5.69 Å². The molecule has 1 aliphatic rings. The van der Waals surface area contributed by atoms with Crippen molar-refractivity contribution in [1.29, 1.82) is 0 Å². The van der Waals surface area contributed by atoms with Gasteiger partial charge in [-0.25, -0.2) is 0 Å². The molecule has 0 radical (unpaired) electrons. The summed E-state index contributed by atoms with van der Waals surface area (Å²) in [6, 6.07) is 33.4. The van der Waals surface area contributed by atoms with E-state index < -0.39 is 0 Å². The Labute approximate surface area is 177 Å². The molecular formula is C28H25NO. The second-order valence-corrected chi connectivity index (χ2v) is 8.07. The van der Waals surface area contributed by atoms with Gasteiger partial charge in [-0.15, -0.1) is 0 Å². The van der Waals surface area contributed by atoms with Crippen LogP contribution in [0.25, 0.3) is 10.8 Å². The molecule has 0 amide bonds. The monoisotopic (exact) mass is 391 g/mol. The number of carbonyl (C=O) groups excluding carboxylic acids is 1. The summed E-state index contributed by atoms with van der Waals surface area (Å²) >= 11 is 0. The van der Waals surface area contributed by atoms with Crippen molar-refractivity contribution in [3.05, 3.63) is 114 Å². The van der Waals surface area contributed by atoms with E-state index in [1.54, 1.807) is 0 Å². The topological polar surface area (TPSA) is 20.3 Å². The number of fused-ring (bicyclic) bond motifs is 1. The van der Waals surface area contributed by atoms with Gasteiger partial charge in [0.25, 0.3) is 0 Å². The van der Waals surface area contributed by atoms with Crippen LogP contribution in [0, 0.1) is 0 Å². The summed E-state index contributed by atoms with van der Waals surface area (Å²) in [7, 11) is 0. The van der Waals surface area contributed by atoms with Crippen molar-refractivity contribution in [3.63, 3.8) is 0 Å². The molecule has 4 aromatic carbocycles. The highest BCUT2D eigenvalue weighted by Gasteiger charge is 2.25. The van der Waals surface area contributed by atoms with Crippen molar-refractivity contribution in [1.82, 2.24) is 0 Å². The third-order valence-corrected chi connectivity index (χ3v) is 6.21. The van der Waals surface area contributed by atoms with E-state index in [1.807, 2.05) is 42.5 Å². The Hall–Kier alpha value is -3.39. The van der Waals surface area contributed by atoms with Gasteiger partial charge in [0.2, 0.25) is 0 Å². The number of rotatable bonds is 5. The third kappa shape index (κ3) is 3.61. The number of hydrogen-bond acceptors (Lipinski definition) is 2. The van der Waals surface area contributed by atoms with Crippen molar-refractivity contribution in [2.24, 2.45) is 0 Å². The van der Waals surface area contributed by atoms with Gasteiger partial charge in [-0.2, -0.15) is 0 Å². The number of benzene rings is 4. The van der Waals surface area contributed by atoms with Gasteiger partial charge >= 0.3 is 0 Å². The fourth-order valence-electron chi connectivity index (χ4n) is 4.67. The summed E-state index contributed by atoms with van der Waals surface area (Å²) in [6.45, 7) is 1.07. The number of ketones is 1. The van der Waals surface area contributed by atoms with Gasteiger partial charge in [0.15, 0.2) is 5.78 Å². The van der Waals surface area contributed by atoms with Gasteiger partial charge in [0.1, 0.15) is 0 Å². The number of nitrogens with zero attached hydrogens (tertiary/aromatic N) is 1. The minimum Gasteiger partial charge on any atom is -0.368 e. The Morgan fingerprint density at radius 1 is 0.767 bits per heavy atom. The molecule has 2 nitrogen and oxygen atoms in total. The lowest BCUT2D eigenvalue weighted by atomic mass is 9.97. The van der Waals surface area contributed by atoms with E-state index >= 15 is 0 Å². The first kappa shape index (κ1) is 18.6. The summed E-state index contributed by atoms with van der Waals surface area (Å²) in [6.07, 6.45) is 3.46. The van der Waals surface area contributed by atoms with Gasteiger partial charge in [-0.05, 0) is 59.9 Å². The quantitative estimate of drug-likeness (QED) is 0.373. The minimum atomic E-state index is 0.0795. The van der Waals surface area contributed by atoms with E-state index in [-0.39, 0.29) is 5.78 Å². The molecule has 0 saturated carbocycles. The van der Waals surface area contributed by atoms with Crippen LogP contribution >= 0.6 is 0 Å². The maximum atomic E-state index is 12.7. The average Bonchev–Trinajstić information content (AvgIpc) is 3.28. The molecular weight excluding hydrogens is 366 g/mol. The Morgan fingerprint density at radius 2 is 1.47 bits per heavy atom. The molecule has 148 valence electrons. The van der Waals surface area contributed by atoms with Crippen molar-refractivity contribution < 1.29 is 4.79 Å². The average molecular weight is 392 g/mol. The first-order chi connectivity index (χ1) is 14.8. The maximum Gasteiger partial charge on any atom is 0.193 e. The van der Waals surface area contributed by atoms with Crippen molar-refractivity contribution in [3.8, 4) is 0 Å². The maximum absolute atomic E-state index is 12.7. The van der Waals surface area contributed by atoms with E-state index in [9.17, 15) is 4.79 Å². The highest BCUT2D eigenvalue weighted by atomic mass is 16.1. The molecule has 1 heterocycles. The molecule has 1 fully saturated rings. The SMILES string of the molecule is O=C(c1ccccc1)c1ccc(N2CCCC2Cc2cccc3ccccc23)cc1. The first-order valence-electron chi connectivity index (χ1n) is 10.7. The normalized spacial score (nSPS) is 16.1. The van der Waals surface area contributed by atoms with Gasteiger partial charge in [0.05, 0.1) is 0 Å². The van der Waals surface area contributed by atoms with Gasteiger partial charge in [-0.3, -0.25) is 4.79 Å². The van der Waals surface area contributed by atoms with Crippen LogP contribution in [-0.2, 0) is 6.42 Å². The molecule has 0 spiro atoms. The lowest BCUT2D eigenvalue weighted by Crippen LogP contribution is -2.31. The molecule has 2 heteroatoms. The molecule has 1 saturated heterocycles. The minimum absolute atomic E-state index is 0.0795. The molecule has 1 unspecified atom stereocenters. The molecule has 30 heavy (non-hydrogen) atoms. The van der Waals surface area contributed by atoms with E-state index in [1.165, 1.54) is 34.9 Å². The van der Waals surface area contributed by atoms with Crippen molar-refractivity contribution in [2.45, 2.75) is 25.3 Å². The number of carbonyl (C=O) groups is 1. The first-order valence-corrected chi connectivity index (χ1v) is 10.7. The standard InChI is InChI=1S/C28H25NO/c30-28(22-9-2-1-3-10-22)23-15-17-25(18-16-23)29-19-7-13-26(29)20-24-12-6-11-21-8-4-5-14-27(21)24/h1-6,8-12,14-18,26H,7,13,19-20H2. The van der Waals surface area contributed by atoms with Crippen LogP contribution in [0.15, 0.2) is 97.1 Å². The van der Waals surface area contributed by atoms with Gasteiger partial charge < -0.3 is 4.90 Å². The van der Waals surface area contributed by atoms with Crippen molar-refractivity contribution >= 4 is 22.2 Å². The van der Waals surface area contributed by atoms with Crippen LogP contribution in [0.2, 0.25) is 0 Å². The van der Waals surface area contributed by atoms with Crippen LogP contribution in [0.3, 0.4) is 0 Å². The Bertz CT molecular complexity index is 1160. The van der Waals surface area contributed by atoms with E-state index in [0.717, 1.165) is 24.1 Å². The summed E-state index contributed by atoms with van der Waals surface area (Å²) in [5.41, 5.74) is 4.11. The van der Waals surface area contributed by atoms with E-state index in [0.29, 0.717) is 6.04 Å². The largest absolute Gasteiger partial charge is 0.368 e. The second-order valence-electron chi connectivity index (χ2n) is 8.07. The van der Waals surface area contributed by atoms with E-state index in [2.05, 4.69) is 59.5 Å². The van der Waals surface area contributed by atoms with Crippen LogP contribution in [0.5, 0.6) is 0 Å². The van der Waals surface area contributed by atoms with Gasteiger partial charge in [0, 0.05) is 29.4 Å². The van der Waals surface area contributed by atoms with Crippen molar-refractivity contribution in [2.75, 3.05) is 11.4 Å². The Kier molecular flexibility index (Phi) is 5.06. The predicted octanol–water partition coefficient (Wildman–Crippen LogP) is 6.28. The molecule has 5 rings (SSSR count). The van der Waals surface area contributed by atoms with Crippen LogP contribution in [0.1, 0.15) is 34.3 Å². The molecule has 1 atom stereocenters. The van der Waals surface area contributed by atoms with Gasteiger partial charge in [-0.1, -0.05) is 72.8 Å². The fourth-order valence-corrected chi connectivity index (χ4v) is 4.67. The molecule has 0 aromatic heterocycles. The summed E-state index contributed by atoms with van der Waals surface area (Å²) < 4.78 is 0. The molecule has 4 aromatic rings. The molecule has 0 N–H and O–H groups in total. The molecule has 0 aliphatic carbocycles. The molecule has 0 bridgehead atoms. The molecule has 1 aliphatic heterocycles. The Balaban J connectivity index is 1.37. The van der Waals surface area contributed by atoms with E-state index in [4.69, 9.17) is 0 Å². The second kappa shape index (κ2) is 8.16. The lowest BCUT2D eigenvalue weighted by molar-refractivity contribution is 0.103. The lowest BCUT2D eigenvalue weighted by Gasteiger charge is -2.27. The summed E-state index contributed by atoms with van der Waals surface area (Å²) in [4.78, 5) is 15.2. The zero-order chi connectivity index (χ0) is 20.3. The number of anilines is 1.